The van der Waals surface area contributed by atoms with Crippen LogP contribution in [0.1, 0.15) is 45.4 Å². The molecule has 22 heavy (non-hydrogen) atoms. The fourth-order valence-electron chi connectivity index (χ4n) is 3.98. The molecular weight excluding hydrogens is 278 g/mol. The van der Waals surface area contributed by atoms with Gasteiger partial charge in [0.25, 0.3) is 0 Å². The van der Waals surface area contributed by atoms with E-state index in [2.05, 4.69) is 33.7 Å². The molecule has 2 aliphatic heterocycles. The smallest absolute Gasteiger partial charge is 0.222 e. The molecule has 6 nitrogen and oxygen atoms in total. The minimum absolute atomic E-state index is 0.363. The van der Waals surface area contributed by atoms with Crippen molar-refractivity contribution in [3.05, 3.63) is 12.2 Å². The first kappa shape index (κ1) is 15.5. The summed E-state index contributed by atoms with van der Waals surface area (Å²) in [5, 5.41) is 4.25. The molecule has 0 radical (unpaired) electrons. The lowest BCUT2D eigenvalue weighted by atomic mass is 9.83. The number of hydrogen-bond acceptors (Lipinski definition) is 4. The van der Waals surface area contributed by atoms with Crippen molar-refractivity contribution in [2.75, 3.05) is 19.6 Å². The van der Waals surface area contributed by atoms with Crippen LogP contribution in [-0.2, 0) is 17.9 Å². The number of carbonyl (C=O) groups excluding carboxylic acids is 1. The number of likely N-dealkylation sites (tertiary alicyclic amines) is 2. The highest BCUT2D eigenvalue weighted by atomic mass is 16.2. The van der Waals surface area contributed by atoms with Crippen LogP contribution in [0, 0.1) is 5.92 Å². The third-order valence-corrected chi connectivity index (χ3v) is 5.05. The predicted molar refractivity (Wildman–Crippen MR) is 84.1 cm³/mol. The van der Waals surface area contributed by atoms with E-state index >= 15 is 0 Å². The van der Waals surface area contributed by atoms with Crippen LogP contribution in [0.4, 0.5) is 0 Å². The number of nitrogens with zero attached hydrogens (tertiary/aromatic N) is 5. The molecular formula is C16H27N5O. The van der Waals surface area contributed by atoms with E-state index in [4.69, 9.17) is 0 Å². The summed E-state index contributed by atoms with van der Waals surface area (Å²) >= 11 is 0. The van der Waals surface area contributed by atoms with Gasteiger partial charge in [0, 0.05) is 38.6 Å². The Kier molecular flexibility index (Phi) is 4.76. The van der Waals surface area contributed by atoms with Crippen LogP contribution in [0.15, 0.2) is 6.33 Å². The van der Waals surface area contributed by atoms with E-state index in [1.54, 1.807) is 6.33 Å². The molecule has 0 aromatic carbocycles. The number of carbonyl (C=O) groups is 1. The maximum atomic E-state index is 12.2. The second kappa shape index (κ2) is 6.77. The molecule has 2 atom stereocenters. The van der Waals surface area contributed by atoms with Crippen LogP contribution < -0.4 is 0 Å². The van der Waals surface area contributed by atoms with E-state index in [-0.39, 0.29) is 0 Å². The summed E-state index contributed by atoms with van der Waals surface area (Å²) in [6.07, 6.45) is 5.56. The van der Waals surface area contributed by atoms with Gasteiger partial charge in [-0.15, -0.1) is 0 Å². The van der Waals surface area contributed by atoms with E-state index in [1.165, 1.54) is 0 Å². The van der Waals surface area contributed by atoms with Crippen LogP contribution in [0.5, 0.6) is 0 Å². The molecule has 1 amide bonds. The van der Waals surface area contributed by atoms with Gasteiger partial charge >= 0.3 is 0 Å². The monoisotopic (exact) mass is 305 g/mol. The van der Waals surface area contributed by atoms with Gasteiger partial charge in [-0.1, -0.05) is 6.92 Å². The molecule has 0 unspecified atom stereocenters. The van der Waals surface area contributed by atoms with Crippen molar-refractivity contribution in [2.45, 2.75) is 58.7 Å². The van der Waals surface area contributed by atoms with Gasteiger partial charge in [0.05, 0.1) is 6.54 Å². The minimum atomic E-state index is 0.363. The van der Waals surface area contributed by atoms with E-state index in [0.29, 0.717) is 17.9 Å². The summed E-state index contributed by atoms with van der Waals surface area (Å²) in [4.78, 5) is 21.2. The first-order valence-corrected chi connectivity index (χ1v) is 8.61. The molecule has 122 valence electrons. The summed E-state index contributed by atoms with van der Waals surface area (Å²) in [7, 11) is 0. The molecule has 0 spiro atoms. The van der Waals surface area contributed by atoms with Gasteiger partial charge < -0.3 is 4.90 Å². The summed E-state index contributed by atoms with van der Waals surface area (Å²) in [6.45, 7) is 9.04. The predicted octanol–water partition coefficient (Wildman–Crippen LogP) is 1.52. The third kappa shape index (κ3) is 3.02. The molecule has 1 aromatic heterocycles. The van der Waals surface area contributed by atoms with Gasteiger partial charge in [0.15, 0.2) is 0 Å². The van der Waals surface area contributed by atoms with Gasteiger partial charge in [-0.05, 0) is 32.1 Å². The van der Waals surface area contributed by atoms with Crippen molar-refractivity contribution < 1.29 is 4.79 Å². The molecule has 6 heteroatoms. The van der Waals surface area contributed by atoms with Crippen LogP contribution in [-0.4, -0.2) is 56.1 Å². The number of hydrogen-bond donors (Lipinski definition) is 0. The number of aromatic nitrogens is 3. The highest BCUT2D eigenvalue weighted by Crippen LogP contribution is 2.31. The van der Waals surface area contributed by atoms with Crippen molar-refractivity contribution in [3.8, 4) is 0 Å². The van der Waals surface area contributed by atoms with Gasteiger partial charge in [-0.3, -0.25) is 9.69 Å². The number of amides is 1. The lowest BCUT2D eigenvalue weighted by Gasteiger charge is -2.47. The number of fused-ring (bicyclic) bond motifs is 1. The molecule has 2 fully saturated rings. The van der Waals surface area contributed by atoms with E-state index < -0.39 is 0 Å². The van der Waals surface area contributed by atoms with Crippen molar-refractivity contribution in [1.82, 2.24) is 24.6 Å². The Morgan fingerprint density at radius 1 is 1.32 bits per heavy atom. The van der Waals surface area contributed by atoms with Crippen LogP contribution >= 0.6 is 0 Å². The van der Waals surface area contributed by atoms with Gasteiger partial charge in [-0.25, -0.2) is 9.67 Å². The van der Waals surface area contributed by atoms with E-state index in [1.807, 2.05) is 4.68 Å². The van der Waals surface area contributed by atoms with Gasteiger partial charge in [0.2, 0.25) is 5.91 Å². The molecule has 0 saturated carbocycles. The van der Waals surface area contributed by atoms with Crippen molar-refractivity contribution >= 4 is 5.91 Å². The normalized spacial score (nSPS) is 26.3. The summed E-state index contributed by atoms with van der Waals surface area (Å²) < 4.78 is 1.97. The lowest BCUT2D eigenvalue weighted by molar-refractivity contribution is -0.141. The first-order valence-electron chi connectivity index (χ1n) is 8.61. The number of rotatable bonds is 5. The van der Waals surface area contributed by atoms with E-state index in [9.17, 15) is 4.79 Å². The molecule has 0 bridgehead atoms. The zero-order valence-corrected chi connectivity index (χ0v) is 13.7. The first-order chi connectivity index (χ1) is 10.7. The quantitative estimate of drug-likeness (QED) is 0.828. The fourth-order valence-corrected chi connectivity index (χ4v) is 3.98. The molecule has 0 aliphatic carbocycles. The summed E-state index contributed by atoms with van der Waals surface area (Å²) in [5.74, 6) is 2.04. The Bertz CT molecular complexity index is 514. The molecule has 3 rings (SSSR count). The third-order valence-electron chi connectivity index (χ3n) is 5.05. The Morgan fingerprint density at radius 2 is 2.18 bits per heavy atom. The van der Waals surface area contributed by atoms with Crippen LogP contribution in [0.3, 0.4) is 0 Å². The van der Waals surface area contributed by atoms with Crippen molar-refractivity contribution in [2.24, 2.45) is 5.92 Å². The molecule has 3 heterocycles. The standard InChI is InChI=1S/C16H27N5O/c1-3-8-20-14-7-9-19(10-13(14)5-6-16(20)22)11-15-17-12-18-21(15)4-2/h12-14H,3-11H2,1-2H3/t13-,14+/m0/s1. The van der Waals surface area contributed by atoms with Crippen molar-refractivity contribution in [1.29, 1.82) is 0 Å². The SMILES string of the molecule is CCCN1C(=O)CC[C@H]2CN(Cc3ncnn3CC)CC[C@H]21. The average molecular weight is 305 g/mol. The molecule has 1 aromatic rings. The number of piperidine rings is 2. The molecule has 2 aliphatic rings. The summed E-state index contributed by atoms with van der Waals surface area (Å²) in [5.41, 5.74) is 0. The Balaban J connectivity index is 1.63. The van der Waals surface area contributed by atoms with Gasteiger partial charge in [0.1, 0.15) is 12.2 Å². The van der Waals surface area contributed by atoms with Crippen molar-refractivity contribution in [3.63, 3.8) is 0 Å². The highest BCUT2D eigenvalue weighted by Gasteiger charge is 2.38. The topological polar surface area (TPSA) is 54.3 Å². The Hall–Kier alpha value is -1.43. The van der Waals surface area contributed by atoms with E-state index in [0.717, 1.165) is 64.2 Å². The summed E-state index contributed by atoms with van der Waals surface area (Å²) in [6, 6.07) is 0.460. The van der Waals surface area contributed by atoms with Gasteiger partial charge in [-0.2, -0.15) is 5.10 Å². The zero-order valence-electron chi connectivity index (χ0n) is 13.7. The Labute approximate surface area is 132 Å². The Morgan fingerprint density at radius 3 is 2.95 bits per heavy atom. The zero-order chi connectivity index (χ0) is 15.5. The minimum Gasteiger partial charge on any atom is -0.339 e. The second-order valence-electron chi connectivity index (χ2n) is 6.47. The van der Waals surface area contributed by atoms with Crippen LogP contribution in [0.2, 0.25) is 0 Å². The number of aryl methyl sites for hydroxylation is 1. The maximum absolute atomic E-state index is 12.2. The second-order valence-corrected chi connectivity index (χ2v) is 6.47. The average Bonchev–Trinajstić information content (AvgIpc) is 2.97. The maximum Gasteiger partial charge on any atom is 0.222 e. The fraction of sp³-hybridized carbons (Fsp3) is 0.812. The molecule has 2 saturated heterocycles. The largest absolute Gasteiger partial charge is 0.339 e. The highest BCUT2D eigenvalue weighted by molar-refractivity contribution is 5.77. The molecule has 0 N–H and O–H groups in total. The van der Waals surface area contributed by atoms with Crippen LogP contribution in [0.25, 0.3) is 0 Å². The lowest BCUT2D eigenvalue weighted by Crippen LogP contribution is -2.56.